The zero-order valence-corrected chi connectivity index (χ0v) is 16.2. The van der Waals surface area contributed by atoms with Crippen molar-refractivity contribution in [1.82, 2.24) is 4.90 Å². The third kappa shape index (κ3) is 4.82. The molecule has 0 aliphatic carbocycles. The van der Waals surface area contributed by atoms with Gasteiger partial charge in [0.15, 0.2) is 11.6 Å². The second-order valence-corrected chi connectivity index (χ2v) is 7.97. The zero-order chi connectivity index (χ0) is 20.1. The third-order valence-electron chi connectivity index (χ3n) is 4.04. The maximum atomic E-state index is 13.3. The Bertz CT molecular complexity index is 932. The van der Waals surface area contributed by atoms with Crippen LogP contribution in [0.3, 0.4) is 0 Å². The van der Waals surface area contributed by atoms with Crippen molar-refractivity contribution in [2.75, 3.05) is 22.7 Å². The van der Waals surface area contributed by atoms with Gasteiger partial charge in [0.25, 0.3) is 0 Å². The number of hydrogen-bond donors (Lipinski definition) is 1. The molecule has 28 heavy (non-hydrogen) atoms. The molecule has 1 atom stereocenters. The van der Waals surface area contributed by atoms with Gasteiger partial charge >= 0.3 is 0 Å². The van der Waals surface area contributed by atoms with Gasteiger partial charge in [-0.2, -0.15) is 5.26 Å². The summed E-state index contributed by atoms with van der Waals surface area (Å²) < 4.78 is 26.3. The molecule has 0 aromatic heterocycles. The Hall–Kier alpha value is -2.57. The molecule has 2 amide bonds. The number of halogens is 2. The van der Waals surface area contributed by atoms with E-state index >= 15 is 0 Å². The molecule has 5 nitrogen and oxygen atoms in total. The molecule has 0 saturated carbocycles. The Morgan fingerprint density at radius 2 is 1.96 bits per heavy atom. The van der Waals surface area contributed by atoms with E-state index in [2.05, 4.69) is 5.32 Å². The smallest absolute Gasteiger partial charge is 0.248 e. The van der Waals surface area contributed by atoms with Gasteiger partial charge in [0.2, 0.25) is 11.8 Å². The van der Waals surface area contributed by atoms with E-state index in [-0.39, 0.29) is 17.6 Å². The maximum Gasteiger partial charge on any atom is 0.248 e. The zero-order valence-electron chi connectivity index (χ0n) is 14.5. The SMILES string of the molecule is N#Cc1ccc(NC(=O)C2CSCN2C(=O)CSc2ccc(F)c(F)c2)cc1. The van der Waals surface area contributed by atoms with Crippen LogP contribution < -0.4 is 5.32 Å². The Morgan fingerprint density at radius 3 is 2.64 bits per heavy atom. The van der Waals surface area contributed by atoms with E-state index in [9.17, 15) is 18.4 Å². The van der Waals surface area contributed by atoms with Crippen LogP contribution in [0.2, 0.25) is 0 Å². The minimum absolute atomic E-state index is 0.0201. The van der Waals surface area contributed by atoms with Crippen molar-refractivity contribution in [3.63, 3.8) is 0 Å². The number of anilines is 1. The molecule has 0 bridgehead atoms. The topological polar surface area (TPSA) is 73.2 Å². The van der Waals surface area contributed by atoms with Crippen LogP contribution in [0, 0.1) is 23.0 Å². The molecule has 2 aromatic carbocycles. The van der Waals surface area contributed by atoms with Gasteiger partial charge in [-0.25, -0.2) is 8.78 Å². The first-order chi connectivity index (χ1) is 13.5. The average molecular weight is 419 g/mol. The lowest BCUT2D eigenvalue weighted by Crippen LogP contribution is -2.45. The van der Waals surface area contributed by atoms with Crippen molar-refractivity contribution in [2.24, 2.45) is 0 Å². The van der Waals surface area contributed by atoms with Gasteiger partial charge in [-0.15, -0.1) is 23.5 Å². The monoisotopic (exact) mass is 419 g/mol. The number of thioether (sulfide) groups is 2. The number of nitriles is 1. The molecule has 9 heteroatoms. The Balaban J connectivity index is 1.59. The summed E-state index contributed by atoms with van der Waals surface area (Å²) in [6, 6.07) is 11.3. The van der Waals surface area contributed by atoms with E-state index in [0.29, 0.717) is 27.8 Å². The minimum atomic E-state index is -0.964. The van der Waals surface area contributed by atoms with Crippen molar-refractivity contribution in [1.29, 1.82) is 5.26 Å². The van der Waals surface area contributed by atoms with Gasteiger partial charge in [0.1, 0.15) is 6.04 Å². The molecule has 1 saturated heterocycles. The highest BCUT2D eigenvalue weighted by atomic mass is 32.2. The second kappa shape index (κ2) is 9.08. The molecule has 1 heterocycles. The fourth-order valence-corrected chi connectivity index (χ4v) is 4.54. The normalized spacial score (nSPS) is 15.9. The van der Waals surface area contributed by atoms with Gasteiger partial charge in [-0.3, -0.25) is 9.59 Å². The van der Waals surface area contributed by atoms with E-state index in [4.69, 9.17) is 5.26 Å². The quantitative estimate of drug-likeness (QED) is 0.752. The Morgan fingerprint density at radius 1 is 1.21 bits per heavy atom. The molecule has 1 fully saturated rings. The number of nitrogens with one attached hydrogen (secondary N) is 1. The standard InChI is InChI=1S/C19H15F2N3O2S2/c20-15-6-5-14(7-16(15)21)28-10-18(25)24-11-27-9-17(24)19(26)23-13-3-1-12(8-22)2-4-13/h1-7,17H,9-11H2,(H,23,26). The Kier molecular flexibility index (Phi) is 6.54. The molecular formula is C19H15F2N3O2S2. The first kappa shape index (κ1) is 20.2. The van der Waals surface area contributed by atoms with E-state index in [1.165, 1.54) is 22.7 Å². The van der Waals surface area contributed by atoms with Crippen LogP contribution in [0.25, 0.3) is 0 Å². The minimum Gasteiger partial charge on any atom is -0.324 e. The summed E-state index contributed by atoms with van der Waals surface area (Å²) in [7, 11) is 0. The molecule has 0 spiro atoms. The first-order valence-electron chi connectivity index (χ1n) is 8.24. The number of benzene rings is 2. The van der Waals surface area contributed by atoms with Crippen LogP contribution in [0.1, 0.15) is 5.56 Å². The van der Waals surface area contributed by atoms with E-state index in [0.717, 1.165) is 23.9 Å². The lowest BCUT2D eigenvalue weighted by Gasteiger charge is -2.23. The van der Waals surface area contributed by atoms with E-state index < -0.39 is 17.7 Å². The van der Waals surface area contributed by atoms with Crippen molar-refractivity contribution in [3.05, 3.63) is 59.7 Å². The lowest BCUT2D eigenvalue weighted by molar-refractivity contribution is -0.134. The summed E-state index contributed by atoms with van der Waals surface area (Å²) in [6.45, 7) is 0. The summed E-state index contributed by atoms with van der Waals surface area (Å²) in [5, 5.41) is 11.6. The summed E-state index contributed by atoms with van der Waals surface area (Å²) >= 11 is 2.56. The van der Waals surface area contributed by atoms with Gasteiger partial charge in [0, 0.05) is 16.3 Å². The number of hydrogen-bond acceptors (Lipinski definition) is 5. The summed E-state index contributed by atoms with van der Waals surface area (Å²) in [5.74, 6) is -1.57. The molecule has 2 aromatic rings. The van der Waals surface area contributed by atoms with Crippen molar-refractivity contribution >= 4 is 41.0 Å². The van der Waals surface area contributed by atoms with Crippen LogP contribution in [-0.4, -0.2) is 40.1 Å². The highest BCUT2D eigenvalue weighted by Gasteiger charge is 2.34. The fraction of sp³-hybridized carbons (Fsp3) is 0.211. The van der Waals surface area contributed by atoms with Crippen molar-refractivity contribution in [3.8, 4) is 6.07 Å². The number of carbonyl (C=O) groups is 2. The van der Waals surface area contributed by atoms with Crippen LogP contribution in [0.4, 0.5) is 14.5 Å². The largest absolute Gasteiger partial charge is 0.324 e. The second-order valence-electron chi connectivity index (χ2n) is 5.92. The molecular weight excluding hydrogens is 404 g/mol. The molecule has 1 N–H and O–H groups in total. The maximum absolute atomic E-state index is 13.3. The lowest BCUT2D eigenvalue weighted by atomic mass is 10.2. The van der Waals surface area contributed by atoms with Gasteiger partial charge in [0.05, 0.1) is 23.3 Å². The number of carbonyl (C=O) groups excluding carboxylic acids is 2. The van der Waals surface area contributed by atoms with E-state index in [1.807, 2.05) is 6.07 Å². The van der Waals surface area contributed by atoms with Gasteiger partial charge in [-0.05, 0) is 42.5 Å². The molecule has 1 aliphatic heterocycles. The Labute approximate surface area is 169 Å². The van der Waals surface area contributed by atoms with Crippen LogP contribution in [-0.2, 0) is 9.59 Å². The highest BCUT2D eigenvalue weighted by Crippen LogP contribution is 2.26. The first-order valence-corrected chi connectivity index (χ1v) is 10.4. The molecule has 1 unspecified atom stereocenters. The number of nitrogens with zero attached hydrogens (tertiary/aromatic N) is 2. The van der Waals surface area contributed by atoms with Gasteiger partial charge in [-0.1, -0.05) is 0 Å². The van der Waals surface area contributed by atoms with E-state index in [1.54, 1.807) is 24.3 Å². The van der Waals surface area contributed by atoms with Crippen molar-refractivity contribution in [2.45, 2.75) is 10.9 Å². The number of amides is 2. The predicted octanol–water partition coefficient (Wildman–Crippen LogP) is 3.47. The summed E-state index contributed by atoms with van der Waals surface area (Å²) in [5.41, 5.74) is 1.03. The van der Waals surface area contributed by atoms with Crippen LogP contribution in [0.15, 0.2) is 47.4 Å². The summed E-state index contributed by atoms with van der Waals surface area (Å²) in [4.78, 5) is 27.0. The highest BCUT2D eigenvalue weighted by molar-refractivity contribution is 8.00. The van der Waals surface area contributed by atoms with Crippen LogP contribution in [0.5, 0.6) is 0 Å². The molecule has 144 valence electrons. The average Bonchev–Trinajstić information content (AvgIpc) is 3.19. The van der Waals surface area contributed by atoms with Crippen molar-refractivity contribution < 1.29 is 18.4 Å². The molecule has 1 aliphatic rings. The van der Waals surface area contributed by atoms with Gasteiger partial charge < -0.3 is 10.2 Å². The predicted molar refractivity (Wildman–Crippen MR) is 105 cm³/mol. The molecule has 3 rings (SSSR count). The number of rotatable bonds is 5. The van der Waals surface area contributed by atoms with Crippen LogP contribution >= 0.6 is 23.5 Å². The third-order valence-corrected chi connectivity index (χ3v) is 6.03. The summed E-state index contributed by atoms with van der Waals surface area (Å²) in [6.07, 6.45) is 0. The molecule has 0 radical (unpaired) electrons. The fourth-order valence-electron chi connectivity index (χ4n) is 2.55.